The number of fused-ring (bicyclic) bond motifs is 1. The van der Waals surface area contributed by atoms with Crippen molar-refractivity contribution in [3.8, 4) is 5.75 Å². The summed E-state index contributed by atoms with van der Waals surface area (Å²) in [7, 11) is 1.73. The molecule has 1 saturated heterocycles. The molecule has 1 fully saturated rings. The molecule has 0 spiro atoms. The van der Waals surface area contributed by atoms with Gasteiger partial charge in [-0.05, 0) is 61.1 Å². The van der Waals surface area contributed by atoms with Crippen LogP contribution in [0.5, 0.6) is 5.75 Å². The van der Waals surface area contributed by atoms with Gasteiger partial charge in [0.2, 0.25) is 0 Å². The molecule has 2 aromatic carbocycles. The molecule has 0 amide bonds. The molecule has 26 heavy (non-hydrogen) atoms. The summed E-state index contributed by atoms with van der Waals surface area (Å²) in [6, 6.07) is 17.7. The van der Waals surface area contributed by atoms with Crippen LogP contribution in [-0.4, -0.2) is 32.3 Å². The Morgan fingerprint density at radius 2 is 1.96 bits per heavy atom. The normalized spacial score (nSPS) is 25.6. The average Bonchev–Trinajstić information content (AvgIpc) is 2.73. The van der Waals surface area contributed by atoms with Gasteiger partial charge in [0.05, 0.1) is 12.6 Å². The predicted molar refractivity (Wildman–Crippen MR) is 108 cm³/mol. The lowest BCUT2D eigenvalue weighted by Gasteiger charge is -2.54. The molecule has 1 aliphatic carbocycles. The fourth-order valence-electron chi connectivity index (χ4n) is 5.15. The zero-order chi connectivity index (χ0) is 18.0. The van der Waals surface area contributed by atoms with Gasteiger partial charge in [0.15, 0.2) is 0 Å². The Morgan fingerprint density at radius 3 is 2.73 bits per heavy atom. The van der Waals surface area contributed by atoms with E-state index in [4.69, 9.17) is 4.74 Å². The van der Waals surface area contributed by atoms with E-state index in [0.29, 0.717) is 5.92 Å². The summed E-state index contributed by atoms with van der Waals surface area (Å²) in [6.07, 6.45) is 4.94. The molecule has 3 nitrogen and oxygen atoms in total. The number of nitrogens with zero attached hydrogens (tertiary/aromatic N) is 1. The fourth-order valence-corrected chi connectivity index (χ4v) is 5.15. The second kappa shape index (κ2) is 7.32. The standard InChI is InChI=1S/C23H30N2O/c1-3-23(22-10-6-8-18-7-4-5-9-21(18)22)17-24-15-16-25(23)19-11-13-20(26-2)14-12-19/h4-5,7,9,11-14,22,24H,3,6,8,10,15-17H2,1-2H3. The highest BCUT2D eigenvalue weighted by atomic mass is 16.5. The predicted octanol–water partition coefficient (Wildman–Crippen LogP) is 4.37. The Balaban J connectivity index is 1.76. The summed E-state index contributed by atoms with van der Waals surface area (Å²) in [5, 5.41) is 3.71. The summed E-state index contributed by atoms with van der Waals surface area (Å²) in [5.74, 6) is 1.50. The van der Waals surface area contributed by atoms with Crippen molar-refractivity contribution < 1.29 is 4.74 Å². The lowest BCUT2D eigenvalue weighted by molar-refractivity contribution is 0.244. The third-order valence-electron chi connectivity index (χ3n) is 6.50. The van der Waals surface area contributed by atoms with Crippen LogP contribution in [0, 0.1) is 0 Å². The van der Waals surface area contributed by atoms with Gasteiger partial charge in [0.25, 0.3) is 0 Å². The number of aryl methyl sites for hydroxylation is 1. The lowest BCUT2D eigenvalue weighted by atomic mass is 9.68. The van der Waals surface area contributed by atoms with Gasteiger partial charge in [-0.15, -0.1) is 0 Å². The van der Waals surface area contributed by atoms with E-state index >= 15 is 0 Å². The second-order valence-corrected chi connectivity index (χ2v) is 7.63. The number of nitrogens with one attached hydrogen (secondary N) is 1. The highest BCUT2D eigenvalue weighted by Gasteiger charge is 2.46. The van der Waals surface area contributed by atoms with E-state index in [-0.39, 0.29) is 5.54 Å². The summed E-state index contributed by atoms with van der Waals surface area (Å²) < 4.78 is 5.37. The molecule has 3 heteroatoms. The van der Waals surface area contributed by atoms with Crippen LogP contribution in [0.3, 0.4) is 0 Å². The maximum atomic E-state index is 5.37. The SMILES string of the molecule is CCC1(C2CCCc3ccccc32)CNCCN1c1ccc(OC)cc1. The van der Waals surface area contributed by atoms with E-state index in [1.54, 1.807) is 18.2 Å². The van der Waals surface area contributed by atoms with Crippen molar-refractivity contribution in [3.63, 3.8) is 0 Å². The zero-order valence-electron chi connectivity index (χ0n) is 16.0. The van der Waals surface area contributed by atoms with Crippen LogP contribution in [0.15, 0.2) is 48.5 Å². The Morgan fingerprint density at radius 1 is 1.15 bits per heavy atom. The van der Waals surface area contributed by atoms with Crippen LogP contribution < -0.4 is 15.0 Å². The molecule has 2 unspecified atom stereocenters. The first-order valence-corrected chi connectivity index (χ1v) is 9.99. The lowest BCUT2D eigenvalue weighted by Crippen LogP contribution is -2.64. The Labute approximate surface area is 157 Å². The maximum Gasteiger partial charge on any atom is 0.119 e. The molecule has 4 rings (SSSR count). The van der Waals surface area contributed by atoms with Crippen LogP contribution in [0.2, 0.25) is 0 Å². The minimum atomic E-state index is 0.128. The first kappa shape index (κ1) is 17.4. The van der Waals surface area contributed by atoms with Crippen LogP contribution in [0.4, 0.5) is 5.69 Å². The number of methoxy groups -OCH3 is 1. The largest absolute Gasteiger partial charge is 0.497 e. The van der Waals surface area contributed by atoms with Crippen molar-refractivity contribution in [2.75, 3.05) is 31.6 Å². The van der Waals surface area contributed by atoms with Crippen LogP contribution in [0.25, 0.3) is 0 Å². The van der Waals surface area contributed by atoms with Crippen molar-refractivity contribution in [2.24, 2.45) is 0 Å². The number of rotatable bonds is 4. The van der Waals surface area contributed by atoms with Crippen LogP contribution in [-0.2, 0) is 6.42 Å². The molecule has 2 aromatic rings. The van der Waals surface area contributed by atoms with Gasteiger partial charge in [0, 0.05) is 31.2 Å². The molecule has 0 bridgehead atoms. The van der Waals surface area contributed by atoms with Gasteiger partial charge in [0.1, 0.15) is 5.75 Å². The highest BCUT2D eigenvalue weighted by molar-refractivity contribution is 5.54. The zero-order valence-corrected chi connectivity index (χ0v) is 16.0. The number of ether oxygens (including phenoxy) is 1. The van der Waals surface area contributed by atoms with Gasteiger partial charge in [-0.25, -0.2) is 0 Å². The number of benzene rings is 2. The number of piperazine rings is 1. The van der Waals surface area contributed by atoms with Crippen molar-refractivity contribution in [2.45, 2.75) is 44.1 Å². The van der Waals surface area contributed by atoms with Gasteiger partial charge >= 0.3 is 0 Å². The van der Waals surface area contributed by atoms with E-state index in [2.05, 4.69) is 65.7 Å². The molecule has 1 heterocycles. The van der Waals surface area contributed by atoms with E-state index in [1.807, 2.05) is 0 Å². The van der Waals surface area contributed by atoms with E-state index in [1.165, 1.54) is 24.9 Å². The van der Waals surface area contributed by atoms with Crippen LogP contribution >= 0.6 is 0 Å². The minimum Gasteiger partial charge on any atom is -0.497 e. The number of hydrogen-bond donors (Lipinski definition) is 1. The average molecular weight is 351 g/mol. The van der Waals surface area contributed by atoms with Crippen LogP contribution in [0.1, 0.15) is 43.2 Å². The van der Waals surface area contributed by atoms with Gasteiger partial charge in [-0.2, -0.15) is 0 Å². The molecule has 0 radical (unpaired) electrons. The van der Waals surface area contributed by atoms with Crippen molar-refractivity contribution in [3.05, 3.63) is 59.7 Å². The molecule has 0 aromatic heterocycles. The van der Waals surface area contributed by atoms with E-state index in [0.717, 1.165) is 31.8 Å². The number of hydrogen-bond acceptors (Lipinski definition) is 3. The third-order valence-corrected chi connectivity index (χ3v) is 6.50. The Hall–Kier alpha value is -2.00. The first-order valence-electron chi connectivity index (χ1n) is 9.99. The molecule has 1 N–H and O–H groups in total. The molecule has 0 saturated carbocycles. The number of anilines is 1. The van der Waals surface area contributed by atoms with Crippen molar-refractivity contribution in [1.29, 1.82) is 0 Å². The molecule has 2 atom stereocenters. The summed E-state index contributed by atoms with van der Waals surface area (Å²) >= 11 is 0. The van der Waals surface area contributed by atoms with Crippen molar-refractivity contribution >= 4 is 5.69 Å². The summed E-state index contributed by atoms with van der Waals surface area (Å²) in [6.45, 7) is 5.51. The molecular formula is C23H30N2O. The molecular weight excluding hydrogens is 320 g/mol. The smallest absolute Gasteiger partial charge is 0.119 e. The van der Waals surface area contributed by atoms with Gasteiger partial charge in [-0.3, -0.25) is 0 Å². The molecule has 138 valence electrons. The minimum absolute atomic E-state index is 0.128. The highest BCUT2D eigenvalue weighted by Crippen LogP contribution is 2.46. The van der Waals surface area contributed by atoms with Gasteiger partial charge < -0.3 is 15.0 Å². The van der Waals surface area contributed by atoms with Gasteiger partial charge in [-0.1, -0.05) is 31.2 Å². The first-order chi connectivity index (χ1) is 12.8. The summed E-state index contributed by atoms with van der Waals surface area (Å²) in [5.41, 5.74) is 4.57. The Bertz CT molecular complexity index is 742. The molecule has 1 aliphatic heterocycles. The molecule has 2 aliphatic rings. The topological polar surface area (TPSA) is 24.5 Å². The van der Waals surface area contributed by atoms with E-state index in [9.17, 15) is 0 Å². The summed E-state index contributed by atoms with van der Waals surface area (Å²) in [4.78, 5) is 2.68. The fraction of sp³-hybridized carbons (Fsp3) is 0.478. The second-order valence-electron chi connectivity index (χ2n) is 7.63. The Kier molecular flexibility index (Phi) is 4.90. The van der Waals surface area contributed by atoms with E-state index < -0.39 is 0 Å². The monoisotopic (exact) mass is 350 g/mol. The quantitative estimate of drug-likeness (QED) is 0.886. The maximum absolute atomic E-state index is 5.37. The third kappa shape index (κ3) is 2.88. The van der Waals surface area contributed by atoms with Crippen molar-refractivity contribution in [1.82, 2.24) is 5.32 Å².